The maximum absolute atomic E-state index is 12.6. The third-order valence-electron chi connectivity index (χ3n) is 8.16. The molecule has 3 aliphatic heterocycles. The highest BCUT2D eigenvalue weighted by molar-refractivity contribution is 5.76. The van der Waals surface area contributed by atoms with Crippen LogP contribution in [-0.4, -0.2) is 179 Å². The molecule has 14 atom stereocenters. The molecule has 19 nitrogen and oxygen atoms in total. The van der Waals surface area contributed by atoms with Crippen LogP contribution < -0.4 is 0 Å². The highest BCUT2D eigenvalue weighted by Gasteiger charge is 2.77. The van der Waals surface area contributed by atoms with Crippen LogP contribution in [0.5, 0.6) is 5.88 Å². The molecule has 2 unspecified atom stereocenters. The van der Waals surface area contributed by atoms with Gasteiger partial charge in [0.05, 0.1) is 26.1 Å². The molecule has 19 heteroatoms. The Kier molecular flexibility index (Phi) is 7.98. The van der Waals surface area contributed by atoms with Crippen molar-refractivity contribution in [3.05, 3.63) is 12.7 Å². The number of imidazole rings is 1. The number of aliphatic hydroxyl groups is 11. The van der Waals surface area contributed by atoms with Gasteiger partial charge in [0.1, 0.15) is 79.6 Å². The van der Waals surface area contributed by atoms with E-state index in [-0.39, 0.29) is 11.2 Å². The number of aromatic nitrogens is 4. The summed E-state index contributed by atoms with van der Waals surface area (Å²) in [6.45, 7) is -2.90. The van der Waals surface area contributed by atoms with Crippen molar-refractivity contribution in [2.45, 2.75) is 84.6 Å². The van der Waals surface area contributed by atoms with E-state index in [1.54, 1.807) is 0 Å². The Morgan fingerprint density at radius 2 is 1.24 bits per heavy atom. The van der Waals surface area contributed by atoms with E-state index >= 15 is 0 Å². The number of fused-ring (bicyclic) bond motifs is 1. The molecule has 3 aliphatic rings. The quantitative estimate of drug-likeness (QED) is 0.148. The fourth-order valence-corrected chi connectivity index (χ4v) is 6.03. The van der Waals surface area contributed by atoms with Gasteiger partial charge in [-0.15, -0.1) is 0 Å². The number of aliphatic hydroxyl groups excluding tert-OH is 10. The molecule has 0 amide bonds. The Morgan fingerprint density at radius 1 is 0.707 bits per heavy atom. The molecule has 2 aromatic rings. The Bertz CT molecular complexity index is 1230. The number of ether oxygens (including phenoxy) is 3. The summed E-state index contributed by atoms with van der Waals surface area (Å²) in [4.78, 5) is 11.6. The fourth-order valence-electron chi connectivity index (χ4n) is 6.03. The van der Waals surface area contributed by atoms with E-state index < -0.39 is 110 Å². The Hall–Kier alpha value is -2.21. The lowest BCUT2D eigenvalue weighted by Crippen LogP contribution is -2.78. The maximum Gasteiger partial charge on any atom is 0.242 e. The first kappa shape index (κ1) is 30.3. The Labute approximate surface area is 229 Å². The first-order valence-corrected chi connectivity index (χ1v) is 12.6. The van der Waals surface area contributed by atoms with Gasteiger partial charge in [-0.1, -0.05) is 0 Å². The van der Waals surface area contributed by atoms with Crippen LogP contribution in [0.1, 0.15) is 0 Å². The summed E-state index contributed by atoms with van der Waals surface area (Å²) in [7, 11) is 0. The average Bonchev–Trinajstić information content (AvgIpc) is 3.50. The van der Waals surface area contributed by atoms with Crippen LogP contribution in [0, 0.1) is 0 Å². The first-order chi connectivity index (χ1) is 19.4. The molecule has 2 aromatic heterocycles. The molecule has 3 fully saturated rings. The SMILES string of the molecule is OC[C@H]1OC([C@@]2(O)[C@H](O)[C@@H](CO)O[C@@]2(C2O[C@H](CO)[C@H](O)[C@H](O)[C@H]2O)n2cnc3c(O)ncnc32)[C@H](O)[C@@H](O)[C@H]1O. The number of hydrogen-bond acceptors (Lipinski definition) is 18. The zero-order chi connectivity index (χ0) is 30.0. The predicted octanol–water partition coefficient (Wildman–Crippen LogP) is -7.65. The van der Waals surface area contributed by atoms with Gasteiger partial charge in [0.2, 0.25) is 11.6 Å². The van der Waals surface area contributed by atoms with Gasteiger partial charge in [-0.25, -0.2) is 9.97 Å². The summed E-state index contributed by atoms with van der Waals surface area (Å²) in [5.74, 6) is -0.661. The van der Waals surface area contributed by atoms with E-state index in [1.165, 1.54) is 0 Å². The topological polar surface area (TPSA) is 314 Å². The van der Waals surface area contributed by atoms with Gasteiger partial charge in [0, 0.05) is 0 Å². The minimum absolute atomic E-state index is 0.307. The van der Waals surface area contributed by atoms with E-state index in [0.29, 0.717) is 0 Å². The van der Waals surface area contributed by atoms with Gasteiger partial charge in [-0.05, 0) is 0 Å². The van der Waals surface area contributed by atoms with Crippen LogP contribution in [0.15, 0.2) is 12.7 Å². The molecule has 0 saturated carbocycles. The summed E-state index contributed by atoms with van der Waals surface area (Å²) >= 11 is 0. The minimum atomic E-state index is -3.17. The molecule has 0 aromatic carbocycles. The molecule has 12 N–H and O–H groups in total. The molecule has 230 valence electrons. The number of rotatable bonds is 6. The lowest BCUT2D eigenvalue weighted by molar-refractivity contribution is -0.359. The van der Waals surface area contributed by atoms with Crippen LogP contribution in [0.3, 0.4) is 0 Å². The molecule has 0 spiro atoms. The second kappa shape index (κ2) is 10.8. The second-order valence-electron chi connectivity index (χ2n) is 10.3. The van der Waals surface area contributed by atoms with Crippen molar-refractivity contribution >= 4 is 11.2 Å². The van der Waals surface area contributed by atoms with Gasteiger partial charge in [-0.2, -0.15) is 4.98 Å². The highest BCUT2D eigenvalue weighted by Crippen LogP contribution is 2.54. The molecular weight excluding hydrogens is 560 g/mol. The van der Waals surface area contributed by atoms with Crippen molar-refractivity contribution in [1.82, 2.24) is 19.5 Å². The molecule has 3 saturated heterocycles. The van der Waals surface area contributed by atoms with Gasteiger partial charge in [0.15, 0.2) is 16.8 Å². The van der Waals surface area contributed by atoms with Gasteiger partial charge >= 0.3 is 0 Å². The van der Waals surface area contributed by atoms with E-state index in [9.17, 15) is 61.3 Å². The van der Waals surface area contributed by atoms with Gasteiger partial charge in [-0.3, -0.25) is 4.57 Å². The summed E-state index contributed by atoms with van der Waals surface area (Å²) in [5.41, 5.74) is -6.71. The summed E-state index contributed by atoms with van der Waals surface area (Å²) < 4.78 is 18.2. The van der Waals surface area contributed by atoms with Crippen LogP contribution in [0.2, 0.25) is 0 Å². The van der Waals surface area contributed by atoms with Crippen molar-refractivity contribution in [1.29, 1.82) is 0 Å². The number of nitrogens with zero attached hydrogens (tertiary/aromatic N) is 4. The standard InChI is InChI=1S/C22H32N4O15/c27-1-6-10(30)12(32)14(34)17(39-6)21(38)16(36)8(3-29)41-22(21,18-15(35)13(33)11(31)7(2-28)40-18)26-5-25-9-19(26)23-4-24-20(9)37/h4-8,10-18,27-36,38H,1-3H2,(H,23,24,37)/t6-,7-,8-,10+,11+,12+,13+,14-,15-,16-,17?,18?,21+,22-/m1/s1. The van der Waals surface area contributed by atoms with Crippen molar-refractivity contribution < 1.29 is 75.5 Å². The largest absolute Gasteiger partial charge is 0.492 e. The van der Waals surface area contributed by atoms with Crippen LogP contribution >= 0.6 is 0 Å². The number of hydrogen-bond donors (Lipinski definition) is 12. The van der Waals surface area contributed by atoms with Crippen LogP contribution in [0.25, 0.3) is 11.2 Å². The Morgan fingerprint density at radius 3 is 1.80 bits per heavy atom. The van der Waals surface area contributed by atoms with E-state index in [0.717, 1.165) is 17.2 Å². The zero-order valence-electron chi connectivity index (χ0n) is 21.1. The van der Waals surface area contributed by atoms with Gasteiger partial charge in [0.25, 0.3) is 0 Å². The van der Waals surface area contributed by atoms with E-state index in [1.807, 2.05) is 0 Å². The highest BCUT2D eigenvalue weighted by atomic mass is 16.6. The summed E-state index contributed by atoms with van der Waals surface area (Å²) in [5, 5.41) is 128. The normalized spacial score (nSPS) is 47.2. The van der Waals surface area contributed by atoms with Gasteiger partial charge < -0.3 is 75.5 Å². The molecule has 5 rings (SSSR count). The number of aromatic hydroxyl groups is 1. The molecule has 0 aliphatic carbocycles. The minimum Gasteiger partial charge on any atom is -0.492 e. The van der Waals surface area contributed by atoms with Crippen molar-refractivity contribution in [2.75, 3.05) is 19.8 Å². The lowest BCUT2D eigenvalue weighted by Gasteiger charge is -2.56. The van der Waals surface area contributed by atoms with Crippen LogP contribution in [0.4, 0.5) is 0 Å². The monoisotopic (exact) mass is 592 g/mol. The lowest BCUT2D eigenvalue weighted by atomic mass is 9.71. The fraction of sp³-hybridized carbons (Fsp3) is 0.773. The third-order valence-corrected chi connectivity index (χ3v) is 8.16. The summed E-state index contributed by atoms with van der Waals surface area (Å²) in [6, 6.07) is 0. The van der Waals surface area contributed by atoms with E-state index in [4.69, 9.17) is 14.2 Å². The first-order valence-electron chi connectivity index (χ1n) is 12.6. The Balaban J connectivity index is 1.82. The third kappa shape index (κ3) is 4.09. The van der Waals surface area contributed by atoms with E-state index in [2.05, 4.69) is 15.0 Å². The molecule has 0 radical (unpaired) electrons. The second-order valence-corrected chi connectivity index (χ2v) is 10.3. The van der Waals surface area contributed by atoms with Crippen molar-refractivity contribution in [3.63, 3.8) is 0 Å². The van der Waals surface area contributed by atoms with Crippen LogP contribution in [-0.2, 0) is 19.9 Å². The zero-order valence-corrected chi connectivity index (χ0v) is 21.1. The maximum atomic E-state index is 12.6. The molecular formula is C22H32N4O15. The molecule has 41 heavy (non-hydrogen) atoms. The van der Waals surface area contributed by atoms with Crippen molar-refractivity contribution in [3.8, 4) is 5.88 Å². The molecule has 5 heterocycles. The molecule has 0 bridgehead atoms. The van der Waals surface area contributed by atoms with Crippen molar-refractivity contribution in [2.24, 2.45) is 0 Å². The average molecular weight is 593 g/mol. The smallest absolute Gasteiger partial charge is 0.242 e. The summed E-state index contributed by atoms with van der Waals surface area (Å²) in [6.07, 6.45) is -22.3. The predicted molar refractivity (Wildman–Crippen MR) is 125 cm³/mol.